The van der Waals surface area contributed by atoms with Crippen LogP contribution in [-0.4, -0.2) is 41.4 Å². The minimum absolute atomic E-state index is 0.00901. The zero-order valence-electron chi connectivity index (χ0n) is 12.9. The molecule has 0 aliphatic carbocycles. The zero-order valence-corrected chi connectivity index (χ0v) is 12.9. The highest BCUT2D eigenvalue weighted by Gasteiger charge is 2.39. The van der Waals surface area contributed by atoms with E-state index in [0.717, 1.165) is 4.90 Å². The Hall–Kier alpha value is -1.59. The van der Waals surface area contributed by atoms with E-state index in [0.29, 0.717) is 18.3 Å². The minimum Gasteiger partial charge on any atom is -0.352 e. The van der Waals surface area contributed by atoms with Gasteiger partial charge in [0.25, 0.3) is 5.91 Å². The van der Waals surface area contributed by atoms with Crippen LogP contribution in [0, 0.1) is 11.8 Å². The Bertz CT molecular complexity index is 393. The van der Waals surface area contributed by atoms with Crippen LogP contribution in [0.2, 0.25) is 0 Å². The molecule has 2 unspecified atom stereocenters. The highest BCUT2D eigenvalue weighted by atomic mass is 16.2. The Morgan fingerprint density at radius 3 is 2.35 bits per heavy atom. The minimum atomic E-state index is -0.502. The summed E-state index contributed by atoms with van der Waals surface area (Å²) >= 11 is 0. The summed E-state index contributed by atoms with van der Waals surface area (Å²) < 4.78 is 0. The normalized spacial score (nSPS) is 20.6. The molecule has 1 aliphatic heterocycles. The molecule has 6 nitrogen and oxygen atoms in total. The van der Waals surface area contributed by atoms with E-state index in [4.69, 9.17) is 0 Å². The molecule has 0 radical (unpaired) electrons. The summed E-state index contributed by atoms with van der Waals surface area (Å²) in [6.45, 7) is 9.65. The smallest absolute Gasteiger partial charge is 0.325 e. The van der Waals surface area contributed by atoms with Gasteiger partial charge in [-0.3, -0.25) is 14.5 Å². The van der Waals surface area contributed by atoms with Crippen LogP contribution in [0.25, 0.3) is 0 Å². The van der Waals surface area contributed by atoms with Gasteiger partial charge in [0.15, 0.2) is 0 Å². The molecular formula is C14H25N3O3. The van der Waals surface area contributed by atoms with Crippen LogP contribution in [0.1, 0.15) is 41.0 Å². The topological polar surface area (TPSA) is 78.5 Å². The van der Waals surface area contributed by atoms with Gasteiger partial charge in [-0.1, -0.05) is 27.7 Å². The molecule has 1 heterocycles. The first kappa shape index (κ1) is 16.5. The number of rotatable bonds is 6. The summed E-state index contributed by atoms with van der Waals surface area (Å²) in [5.41, 5.74) is 0. The molecule has 0 saturated carbocycles. The van der Waals surface area contributed by atoms with Gasteiger partial charge in [-0.2, -0.15) is 0 Å². The summed E-state index contributed by atoms with van der Waals surface area (Å²) in [5.74, 6) is -0.00863. The van der Waals surface area contributed by atoms with Crippen molar-refractivity contribution in [3.05, 3.63) is 0 Å². The number of imide groups is 1. The van der Waals surface area contributed by atoms with Crippen molar-refractivity contribution in [2.24, 2.45) is 11.8 Å². The maximum Gasteiger partial charge on any atom is 0.325 e. The van der Waals surface area contributed by atoms with E-state index in [1.165, 1.54) is 0 Å². The standard InChI is InChI=1S/C14H25N3O3/c1-8(2)6-11-13(19)17(14(20)16-11)7-12(18)15-10(5)9(3)4/h8-11H,6-7H2,1-5H3,(H,15,18)(H,16,20). The van der Waals surface area contributed by atoms with Crippen molar-refractivity contribution in [3.8, 4) is 0 Å². The fourth-order valence-electron chi connectivity index (χ4n) is 1.97. The van der Waals surface area contributed by atoms with Crippen LogP contribution < -0.4 is 10.6 Å². The second-order valence-corrected chi connectivity index (χ2v) is 6.16. The second-order valence-electron chi connectivity index (χ2n) is 6.16. The second kappa shape index (κ2) is 6.72. The zero-order chi connectivity index (χ0) is 15.4. The third-order valence-corrected chi connectivity index (χ3v) is 3.50. The molecule has 0 spiro atoms. The molecule has 2 atom stereocenters. The average molecular weight is 283 g/mol. The van der Waals surface area contributed by atoms with E-state index in [1.807, 2.05) is 34.6 Å². The summed E-state index contributed by atoms with van der Waals surface area (Å²) in [4.78, 5) is 36.7. The number of nitrogens with one attached hydrogen (secondary N) is 2. The average Bonchev–Trinajstić information content (AvgIpc) is 2.56. The number of hydrogen-bond donors (Lipinski definition) is 2. The van der Waals surface area contributed by atoms with Crippen LogP contribution >= 0.6 is 0 Å². The van der Waals surface area contributed by atoms with E-state index >= 15 is 0 Å². The first-order chi connectivity index (χ1) is 9.22. The number of carbonyl (C=O) groups excluding carboxylic acids is 3. The van der Waals surface area contributed by atoms with E-state index in [9.17, 15) is 14.4 Å². The molecule has 0 bridgehead atoms. The molecule has 1 fully saturated rings. The number of urea groups is 1. The third kappa shape index (κ3) is 4.21. The number of carbonyl (C=O) groups is 3. The van der Waals surface area contributed by atoms with Crippen LogP contribution in [0.4, 0.5) is 4.79 Å². The Morgan fingerprint density at radius 2 is 1.85 bits per heavy atom. The number of amides is 4. The Balaban J connectivity index is 2.57. The summed E-state index contributed by atoms with van der Waals surface area (Å²) in [5, 5.41) is 5.41. The first-order valence-corrected chi connectivity index (χ1v) is 7.13. The molecular weight excluding hydrogens is 258 g/mol. The van der Waals surface area contributed by atoms with Crippen molar-refractivity contribution >= 4 is 17.8 Å². The van der Waals surface area contributed by atoms with Crippen LogP contribution in [0.3, 0.4) is 0 Å². The van der Waals surface area contributed by atoms with Gasteiger partial charge in [0.05, 0.1) is 0 Å². The van der Waals surface area contributed by atoms with Crippen molar-refractivity contribution in [2.45, 2.75) is 53.1 Å². The van der Waals surface area contributed by atoms with Crippen LogP contribution in [0.5, 0.6) is 0 Å². The van der Waals surface area contributed by atoms with Gasteiger partial charge in [-0.25, -0.2) is 4.79 Å². The van der Waals surface area contributed by atoms with E-state index < -0.39 is 12.1 Å². The van der Waals surface area contributed by atoms with Gasteiger partial charge in [0.2, 0.25) is 5.91 Å². The summed E-state index contributed by atoms with van der Waals surface area (Å²) in [6, 6.07) is -0.972. The van der Waals surface area contributed by atoms with Gasteiger partial charge >= 0.3 is 6.03 Å². The lowest BCUT2D eigenvalue weighted by molar-refractivity contribution is -0.132. The van der Waals surface area contributed by atoms with Gasteiger partial charge in [-0.05, 0) is 25.2 Å². The third-order valence-electron chi connectivity index (χ3n) is 3.50. The van der Waals surface area contributed by atoms with Crippen LogP contribution in [0.15, 0.2) is 0 Å². The maximum absolute atomic E-state index is 12.1. The van der Waals surface area contributed by atoms with Gasteiger partial charge in [0.1, 0.15) is 12.6 Å². The van der Waals surface area contributed by atoms with E-state index in [-0.39, 0.29) is 24.4 Å². The molecule has 0 aromatic rings. The molecule has 2 N–H and O–H groups in total. The lowest BCUT2D eigenvalue weighted by Gasteiger charge is -2.19. The lowest BCUT2D eigenvalue weighted by Crippen LogP contribution is -2.45. The summed E-state index contributed by atoms with van der Waals surface area (Å²) in [6.07, 6.45) is 0.588. The Labute approximate surface area is 120 Å². The fourth-order valence-corrected chi connectivity index (χ4v) is 1.97. The van der Waals surface area contributed by atoms with E-state index in [1.54, 1.807) is 0 Å². The molecule has 1 aliphatic rings. The van der Waals surface area contributed by atoms with Gasteiger partial charge < -0.3 is 10.6 Å². The monoisotopic (exact) mass is 283 g/mol. The fraction of sp³-hybridized carbons (Fsp3) is 0.786. The van der Waals surface area contributed by atoms with Crippen molar-refractivity contribution in [1.82, 2.24) is 15.5 Å². The molecule has 1 rings (SSSR count). The molecule has 6 heteroatoms. The molecule has 0 aromatic carbocycles. The highest BCUT2D eigenvalue weighted by Crippen LogP contribution is 2.14. The molecule has 114 valence electrons. The molecule has 0 aromatic heterocycles. The van der Waals surface area contributed by atoms with Gasteiger partial charge in [-0.15, -0.1) is 0 Å². The summed E-state index contributed by atoms with van der Waals surface area (Å²) in [7, 11) is 0. The maximum atomic E-state index is 12.1. The molecule has 4 amide bonds. The predicted molar refractivity (Wildman–Crippen MR) is 75.9 cm³/mol. The predicted octanol–water partition coefficient (Wildman–Crippen LogP) is 1.11. The molecule has 20 heavy (non-hydrogen) atoms. The number of nitrogens with zero attached hydrogens (tertiary/aromatic N) is 1. The van der Waals surface area contributed by atoms with Crippen LogP contribution in [-0.2, 0) is 9.59 Å². The van der Waals surface area contributed by atoms with E-state index in [2.05, 4.69) is 10.6 Å². The quantitative estimate of drug-likeness (QED) is 0.717. The molecule has 1 saturated heterocycles. The van der Waals surface area contributed by atoms with Gasteiger partial charge in [0, 0.05) is 6.04 Å². The SMILES string of the molecule is CC(C)CC1NC(=O)N(CC(=O)NC(C)C(C)C)C1=O. The number of hydrogen-bond acceptors (Lipinski definition) is 3. The van der Waals surface area contributed by atoms with Crippen molar-refractivity contribution in [1.29, 1.82) is 0 Å². The first-order valence-electron chi connectivity index (χ1n) is 7.13. The Morgan fingerprint density at radius 1 is 1.25 bits per heavy atom. The highest BCUT2D eigenvalue weighted by molar-refractivity contribution is 6.06. The Kier molecular flexibility index (Phi) is 5.53. The lowest BCUT2D eigenvalue weighted by atomic mass is 10.0. The largest absolute Gasteiger partial charge is 0.352 e. The van der Waals surface area contributed by atoms with Crippen molar-refractivity contribution < 1.29 is 14.4 Å². The van der Waals surface area contributed by atoms with Crippen molar-refractivity contribution in [2.75, 3.05) is 6.54 Å². The van der Waals surface area contributed by atoms with Crippen molar-refractivity contribution in [3.63, 3.8) is 0 Å².